The second-order valence-electron chi connectivity index (χ2n) is 12.0. The molecule has 3 amide bonds. The van der Waals surface area contributed by atoms with Crippen molar-refractivity contribution in [3.05, 3.63) is 30.1 Å². The van der Waals surface area contributed by atoms with Gasteiger partial charge in [0.15, 0.2) is 0 Å². The van der Waals surface area contributed by atoms with Gasteiger partial charge in [0.25, 0.3) is 0 Å². The first-order chi connectivity index (χ1) is 16.7. The Bertz CT molecular complexity index is 974. The molecular weight excluding hydrogens is 445 g/mol. The second-order valence-corrected chi connectivity index (χ2v) is 12.0. The van der Waals surface area contributed by atoms with Gasteiger partial charge in [0, 0.05) is 39.2 Å². The van der Waals surface area contributed by atoms with E-state index in [2.05, 4.69) is 24.1 Å². The van der Waals surface area contributed by atoms with Crippen LogP contribution in [0.3, 0.4) is 0 Å². The molecule has 5 unspecified atom stereocenters. The van der Waals surface area contributed by atoms with E-state index in [0.717, 1.165) is 38.6 Å². The van der Waals surface area contributed by atoms with Gasteiger partial charge in [0.1, 0.15) is 5.82 Å². The van der Waals surface area contributed by atoms with Gasteiger partial charge in [-0.2, -0.15) is 0 Å². The molecule has 2 aliphatic carbocycles. The van der Waals surface area contributed by atoms with E-state index in [1.165, 1.54) is 12.5 Å². The van der Waals surface area contributed by atoms with Gasteiger partial charge < -0.3 is 19.9 Å². The Balaban J connectivity index is 1.37. The summed E-state index contributed by atoms with van der Waals surface area (Å²) in [5, 5.41) is 2.75. The molecule has 6 nitrogen and oxygen atoms in total. The minimum atomic E-state index is -0.424. The average molecular weight is 486 g/mol. The molecule has 0 aromatic heterocycles. The number of fused-ring (bicyclic) bond motifs is 4. The number of para-hydroxylation sites is 1. The standard InChI is InChI=1S/C28H40FN3O3/c1-18(33)32-17-28(11-13-31(14-12-28)26(34)30-24-8-6-5-7-23(24)29)25-21-10-9-20(35-4)15-19(21)16-22(25)27(32,2)3/h5-8,19-22,25H,9-17H2,1-4H3,(H,30,34). The van der Waals surface area contributed by atoms with E-state index in [0.29, 0.717) is 42.9 Å². The number of methoxy groups -OCH3 is 1. The van der Waals surface area contributed by atoms with Crippen molar-refractivity contribution in [3.8, 4) is 0 Å². The molecule has 2 heterocycles. The molecule has 5 atom stereocenters. The highest BCUT2D eigenvalue weighted by Crippen LogP contribution is 2.64. The number of likely N-dealkylation sites (tertiary alicyclic amines) is 2. The second kappa shape index (κ2) is 9.06. The number of carbonyl (C=O) groups excluding carboxylic acids is 2. The molecule has 192 valence electrons. The Hall–Kier alpha value is -2.15. The highest BCUT2D eigenvalue weighted by molar-refractivity contribution is 5.89. The summed E-state index contributed by atoms with van der Waals surface area (Å²) < 4.78 is 19.8. The first-order valence-corrected chi connectivity index (χ1v) is 13.3. The Labute approximate surface area is 208 Å². The lowest BCUT2D eigenvalue weighted by molar-refractivity contribution is -0.159. The number of nitrogens with one attached hydrogen (secondary N) is 1. The quantitative estimate of drug-likeness (QED) is 0.630. The van der Waals surface area contributed by atoms with Gasteiger partial charge in [-0.1, -0.05) is 12.1 Å². The number of carbonyl (C=O) groups is 2. The Morgan fingerprint density at radius 2 is 1.83 bits per heavy atom. The summed E-state index contributed by atoms with van der Waals surface area (Å²) in [5.41, 5.74) is 0.0783. The monoisotopic (exact) mass is 485 g/mol. The van der Waals surface area contributed by atoms with Crippen LogP contribution in [0, 0.1) is 34.9 Å². The number of piperidine rings is 2. The largest absolute Gasteiger partial charge is 0.381 e. The van der Waals surface area contributed by atoms with E-state index in [4.69, 9.17) is 4.74 Å². The van der Waals surface area contributed by atoms with Crippen LogP contribution in [-0.2, 0) is 9.53 Å². The molecule has 1 N–H and O–H groups in total. The smallest absolute Gasteiger partial charge is 0.321 e. The van der Waals surface area contributed by atoms with Crippen molar-refractivity contribution in [1.29, 1.82) is 0 Å². The first-order valence-electron chi connectivity index (χ1n) is 13.3. The summed E-state index contributed by atoms with van der Waals surface area (Å²) in [6.45, 7) is 8.27. The molecule has 2 aliphatic heterocycles. The maximum Gasteiger partial charge on any atom is 0.321 e. The van der Waals surface area contributed by atoms with Crippen molar-refractivity contribution in [1.82, 2.24) is 9.80 Å². The van der Waals surface area contributed by atoms with Gasteiger partial charge >= 0.3 is 6.03 Å². The third kappa shape index (κ3) is 4.13. The van der Waals surface area contributed by atoms with Crippen molar-refractivity contribution >= 4 is 17.6 Å². The fraction of sp³-hybridized carbons (Fsp3) is 0.714. The normalized spacial score (nSPS) is 33.2. The Kier molecular flexibility index (Phi) is 6.35. The summed E-state index contributed by atoms with van der Waals surface area (Å²) in [6, 6.07) is 6.04. The van der Waals surface area contributed by atoms with Gasteiger partial charge in [-0.25, -0.2) is 9.18 Å². The van der Waals surface area contributed by atoms with Crippen LogP contribution in [0.2, 0.25) is 0 Å². The number of halogens is 1. The van der Waals surface area contributed by atoms with Crippen LogP contribution in [0.25, 0.3) is 0 Å². The zero-order chi connectivity index (χ0) is 25.0. The van der Waals surface area contributed by atoms with Crippen LogP contribution >= 0.6 is 0 Å². The molecule has 4 aliphatic rings. The van der Waals surface area contributed by atoms with Crippen LogP contribution in [0.4, 0.5) is 14.9 Å². The van der Waals surface area contributed by atoms with E-state index in [1.807, 2.05) is 12.0 Å². The van der Waals surface area contributed by atoms with Gasteiger partial charge in [0.05, 0.1) is 11.8 Å². The van der Waals surface area contributed by atoms with Crippen LogP contribution in [0.15, 0.2) is 24.3 Å². The topological polar surface area (TPSA) is 61.9 Å². The van der Waals surface area contributed by atoms with Crippen molar-refractivity contribution in [2.24, 2.45) is 29.1 Å². The van der Waals surface area contributed by atoms with Crippen molar-refractivity contribution in [3.63, 3.8) is 0 Å². The lowest BCUT2D eigenvalue weighted by atomic mass is 9.55. The van der Waals surface area contributed by atoms with Crippen molar-refractivity contribution < 1.29 is 18.7 Å². The molecule has 1 spiro atoms. The van der Waals surface area contributed by atoms with Gasteiger partial charge in [-0.3, -0.25) is 4.79 Å². The van der Waals surface area contributed by atoms with Crippen molar-refractivity contribution in [2.45, 2.75) is 70.9 Å². The van der Waals surface area contributed by atoms with Gasteiger partial charge in [-0.05, 0) is 93.6 Å². The maximum atomic E-state index is 14.1. The number of hydrogen-bond acceptors (Lipinski definition) is 3. The van der Waals surface area contributed by atoms with Crippen molar-refractivity contribution in [2.75, 3.05) is 32.1 Å². The average Bonchev–Trinajstić information content (AvgIpc) is 3.24. The van der Waals surface area contributed by atoms with E-state index in [9.17, 15) is 14.0 Å². The predicted molar refractivity (Wildman–Crippen MR) is 133 cm³/mol. The summed E-state index contributed by atoms with van der Waals surface area (Å²) in [5.74, 6) is 2.06. The first kappa shape index (κ1) is 24.5. The zero-order valence-corrected chi connectivity index (χ0v) is 21.6. The number of urea groups is 1. The molecule has 4 fully saturated rings. The fourth-order valence-electron chi connectivity index (χ4n) is 8.33. The Morgan fingerprint density at radius 1 is 1.11 bits per heavy atom. The summed E-state index contributed by atoms with van der Waals surface area (Å²) in [6.07, 6.45) is 6.71. The van der Waals surface area contributed by atoms with Crippen LogP contribution in [0.1, 0.15) is 59.3 Å². The SMILES string of the molecule is COC1CCC2C(C1)CC1C2C2(CCN(C(=O)Nc3ccccc3F)CC2)CN(C(C)=O)C1(C)C. The molecule has 5 rings (SSSR count). The van der Waals surface area contributed by atoms with Gasteiger partial charge in [-0.15, -0.1) is 0 Å². The van der Waals surface area contributed by atoms with E-state index < -0.39 is 5.82 Å². The lowest BCUT2D eigenvalue weighted by Gasteiger charge is -2.61. The molecule has 35 heavy (non-hydrogen) atoms. The predicted octanol–water partition coefficient (Wildman–Crippen LogP) is 5.15. The zero-order valence-electron chi connectivity index (χ0n) is 21.6. The van der Waals surface area contributed by atoms with Crippen LogP contribution in [0.5, 0.6) is 0 Å². The molecule has 7 heteroatoms. The number of hydrogen-bond donors (Lipinski definition) is 1. The highest BCUT2D eigenvalue weighted by atomic mass is 19.1. The number of nitrogens with zero attached hydrogens (tertiary/aromatic N) is 2. The van der Waals surface area contributed by atoms with E-state index >= 15 is 0 Å². The highest BCUT2D eigenvalue weighted by Gasteiger charge is 2.63. The number of ether oxygens (including phenoxy) is 1. The molecule has 1 aromatic carbocycles. The summed E-state index contributed by atoms with van der Waals surface area (Å²) >= 11 is 0. The Morgan fingerprint density at radius 3 is 2.49 bits per heavy atom. The number of amides is 3. The van der Waals surface area contributed by atoms with Gasteiger partial charge in [0.2, 0.25) is 5.91 Å². The van der Waals surface area contributed by atoms with E-state index in [1.54, 1.807) is 25.1 Å². The molecule has 0 bridgehead atoms. The molecular formula is C28H40FN3O3. The number of benzene rings is 1. The maximum absolute atomic E-state index is 14.1. The minimum absolute atomic E-state index is 0.0277. The minimum Gasteiger partial charge on any atom is -0.381 e. The third-order valence-electron chi connectivity index (χ3n) is 10.1. The molecule has 2 saturated heterocycles. The summed E-state index contributed by atoms with van der Waals surface area (Å²) in [4.78, 5) is 29.8. The third-order valence-corrected chi connectivity index (χ3v) is 10.1. The molecule has 0 radical (unpaired) electrons. The number of rotatable bonds is 2. The lowest BCUT2D eigenvalue weighted by Crippen LogP contribution is -2.66. The molecule has 2 saturated carbocycles. The molecule has 1 aromatic rings. The van der Waals surface area contributed by atoms with E-state index in [-0.39, 0.29) is 28.6 Å². The van der Waals surface area contributed by atoms with Crippen LogP contribution < -0.4 is 5.32 Å². The van der Waals surface area contributed by atoms with Crippen LogP contribution in [-0.4, -0.2) is 60.1 Å². The number of anilines is 1. The summed E-state index contributed by atoms with van der Waals surface area (Å²) in [7, 11) is 1.83. The fourth-order valence-corrected chi connectivity index (χ4v) is 8.33.